The number of halogens is 1. The Bertz CT molecular complexity index is 481. The number of aromatic amines is 1. The van der Waals surface area contributed by atoms with Crippen LogP contribution in [0.3, 0.4) is 0 Å². The van der Waals surface area contributed by atoms with Gasteiger partial charge in [0.15, 0.2) is 5.69 Å². The van der Waals surface area contributed by atoms with Crippen LogP contribution in [-0.4, -0.2) is 22.1 Å². The molecule has 1 aromatic heterocycles. The quantitative estimate of drug-likeness (QED) is 0.895. The van der Waals surface area contributed by atoms with Crippen LogP contribution in [0, 0.1) is 5.92 Å². The van der Waals surface area contributed by atoms with Gasteiger partial charge in [0.05, 0.1) is 10.2 Å². The smallest absolute Gasteiger partial charge is 0.273 e. The van der Waals surface area contributed by atoms with Gasteiger partial charge in [-0.25, -0.2) is 0 Å². The fourth-order valence-electron chi connectivity index (χ4n) is 2.90. The van der Waals surface area contributed by atoms with E-state index in [0.717, 1.165) is 16.6 Å². The van der Waals surface area contributed by atoms with E-state index in [1.165, 1.54) is 32.1 Å². The summed E-state index contributed by atoms with van der Waals surface area (Å²) in [5.41, 5.74) is 1.60. The molecule has 2 atom stereocenters. The van der Waals surface area contributed by atoms with Crippen LogP contribution in [0.15, 0.2) is 4.47 Å². The van der Waals surface area contributed by atoms with Crippen LogP contribution >= 0.6 is 15.9 Å². The van der Waals surface area contributed by atoms with Gasteiger partial charge in [-0.2, -0.15) is 5.10 Å². The molecule has 3 rings (SSSR count). The second kappa shape index (κ2) is 5.27. The molecule has 5 heteroatoms. The number of hydrogen-bond donors (Lipinski definition) is 2. The first kappa shape index (κ1) is 13.2. The second-order valence-corrected chi connectivity index (χ2v) is 6.71. The predicted molar refractivity (Wildman–Crippen MR) is 77.1 cm³/mol. The third-order valence-electron chi connectivity index (χ3n) is 4.36. The Hall–Kier alpha value is -0.840. The van der Waals surface area contributed by atoms with Crippen molar-refractivity contribution in [2.45, 2.75) is 57.4 Å². The molecule has 1 amide bonds. The van der Waals surface area contributed by atoms with Crippen LogP contribution in [0.1, 0.15) is 67.5 Å². The lowest BCUT2D eigenvalue weighted by Crippen LogP contribution is -2.41. The van der Waals surface area contributed by atoms with Gasteiger partial charge in [-0.05, 0) is 47.5 Å². The highest BCUT2D eigenvalue weighted by molar-refractivity contribution is 9.10. The van der Waals surface area contributed by atoms with Gasteiger partial charge < -0.3 is 5.32 Å². The standard InChI is InChI=1S/C14H20BrN3O/c1-8-4-2-3-5-10(8)16-14(19)13-11(15)12(17-18-13)9-6-7-9/h8-10H,2-7H2,1H3,(H,16,19)(H,17,18). The zero-order valence-electron chi connectivity index (χ0n) is 11.2. The Morgan fingerprint density at radius 2 is 2.05 bits per heavy atom. The van der Waals surface area contributed by atoms with Crippen molar-refractivity contribution in [3.05, 3.63) is 15.9 Å². The third kappa shape index (κ3) is 2.71. The molecular formula is C14H20BrN3O. The fraction of sp³-hybridized carbons (Fsp3) is 0.714. The molecule has 2 aliphatic carbocycles. The van der Waals surface area contributed by atoms with E-state index in [0.29, 0.717) is 23.6 Å². The number of amides is 1. The molecular weight excluding hydrogens is 306 g/mol. The second-order valence-electron chi connectivity index (χ2n) is 5.92. The summed E-state index contributed by atoms with van der Waals surface area (Å²) < 4.78 is 0.857. The minimum Gasteiger partial charge on any atom is -0.348 e. The molecule has 1 heterocycles. The van der Waals surface area contributed by atoms with E-state index in [9.17, 15) is 4.79 Å². The summed E-state index contributed by atoms with van der Waals surface area (Å²) in [5.74, 6) is 1.09. The Morgan fingerprint density at radius 1 is 1.32 bits per heavy atom. The molecule has 2 saturated carbocycles. The van der Waals surface area contributed by atoms with Gasteiger partial charge >= 0.3 is 0 Å². The maximum Gasteiger partial charge on any atom is 0.273 e. The highest BCUT2D eigenvalue weighted by Crippen LogP contribution is 2.42. The largest absolute Gasteiger partial charge is 0.348 e. The monoisotopic (exact) mass is 325 g/mol. The number of nitrogens with one attached hydrogen (secondary N) is 2. The van der Waals surface area contributed by atoms with Crippen LogP contribution < -0.4 is 5.32 Å². The molecule has 0 aliphatic heterocycles. The third-order valence-corrected chi connectivity index (χ3v) is 5.16. The van der Waals surface area contributed by atoms with Gasteiger partial charge in [0.1, 0.15) is 0 Å². The summed E-state index contributed by atoms with van der Waals surface area (Å²) in [6, 6.07) is 0.300. The molecule has 2 fully saturated rings. The lowest BCUT2D eigenvalue weighted by atomic mass is 9.86. The normalized spacial score (nSPS) is 27.3. The fourth-order valence-corrected chi connectivity index (χ4v) is 3.58. The first-order valence-electron chi connectivity index (χ1n) is 7.21. The first-order chi connectivity index (χ1) is 9.16. The number of H-pyrrole nitrogens is 1. The summed E-state index contributed by atoms with van der Waals surface area (Å²) in [6.07, 6.45) is 7.18. The summed E-state index contributed by atoms with van der Waals surface area (Å²) in [5, 5.41) is 10.3. The minimum absolute atomic E-state index is 0.0474. The van der Waals surface area contributed by atoms with Gasteiger partial charge in [0.2, 0.25) is 0 Å². The van der Waals surface area contributed by atoms with Crippen molar-refractivity contribution in [3.63, 3.8) is 0 Å². The Kier molecular flexibility index (Phi) is 3.65. The SMILES string of the molecule is CC1CCCCC1NC(=O)c1n[nH]c(C2CC2)c1Br. The van der Waals surface area contributed by atoms with E-state index in [4.69, 9.17) is 0 Å². The van der Waals surface area contributed by atoms with Crippen molar-refractivity contribution in [3.8, 4) is 0 Å². The molecule has 2 aliphatic rings. The zero-order chi connectivity index (χ0) is 13.4. The molecule has 4 nitrogen and oxygen atoms in total. The van der Waals surface area contributed by atoms with Gasteiger partial charge in [0.25, 0.3) is 5.91 Å². The van der Waals surface area contributed by atoms with Crippen molar-refractivity contribution in [1.29, 1.82) is 0 Å². The number of carbonyl (C=O) groups is 1. The van der Waals surface area contributed by atoms with Gasteiger partial charge in [0, 0.05) is 12.0 Å². The van der Waals surface area contributed by atoms with Crippen molar-refractivity contribution in [2.75, 3.05) is 0 Å². The predicted octanol–water partition coefficient (Wildman–Crippen LogP) is 3.36. The topological polar surface area (TPSA) is 57.8 Å². The van der Waals surface area contributed by atoms with E-state index in [-0.39, 0.29) is 5.91 Å². The van der Waals surface area contributed by atoms with E-state index in [1.54, 1.807) is 0 Å². The molecule has 0 bridgehead atoms. The number of hydrogen-bond acceptors (Lipinski definition) is 2. The first-order valence-corrected chi connectivity index (χ1v) is 8.00. The Balaban J connectivity index is 1.69. The van der Waals surface area contributed by atoms with Gasteiger partial charge in [-0.1, -0.05) is 19.8 Å². The summed E-state index contributed by atoms with van der Waals surface area (Å²) >= 11 is 3.52. The lowest BCUT2D eigenvalue weighted by molar-refractivity contribution is 0.0904. The average Bonchev–Trinajstić information content (AvgIpc) is 3.15. The number of aromatic nitrogens is 2. The van der Waals surface area contributed by atoms with Crippen molar-refractivity contribution in [1.82, 2.24) is 15.5 Å². The summed E-state index contributed by atoms with van der Waals surface area (Å²) in [6.45, 7) is 2.22. The minimum atomic E-state index is -0.0474. The molecule has 19 heavy (non-hydrogen) atoms. The molecule has 1 aromatic rings. The van der Waals surface area contributed by atoms with Crippen LogP contribution in [0.2, 0.25) is 0 Å². The summed E-state index contributed by atoms with van der Waals surface area (Å²) in [4.78, 5) is 12.3. The van der Waals surface area contributed by atoms with E-state index < -0.39 is 0 Å². The van der Waals surface area contributed by atoms with E-state index in [2.05, 4.69) is 38.4 Å². The van der Waals surface area contributed by atoms with E-state index in [1.807, 2.05) is 0 Å². The molecule has 0 spiro atoms. The van der Waals surface area contributed by atoms with Crippen LogP contribution in [0.25, 0.3) is 0 Å². The Labute approximate surface area is 121 Å². The number of carbonyl (C=O) groups excluding carboxylic acids is 1. The average molecular weight is 326 g/mol. The highest BCUT2D eigenvalue weighted by Gasteiger charge is 2.31. The number of rotatable bonds is 3. The summed E-state index contributed by atoms with van der Waals surface area (Å²) in [7, 11) is 0. The molecule has 0 radical (unpaired) electrons. The zero-order valence-corrected chi connectivity index (χ0v) is 12.8. The molecule has 2 N–H and O–H groups in total. The van der Waals surface area contributed by atoms with Crippen LogP contribution in [0.4, 0.5) is 0 Å². The highest BCUT2D eigenvalue weighted by atomic mass is 79.9. The molecule has 2 unspecified atom stereocenters. The van der Waals surface area contributed by atoms with Crippen molar-refractivity contribution in [2.24, 2.45) is 5.92 Å². The van der Waals surface area contributed by atoms with Gasteiger partial charge in [-0.3, -0.25) is 9.89 Å². The van der Waals surface area contributed by atoms with Crippen LogP contribution in [-0.2, 0) is 0 Å². The number of nitrogens with zero attached hydrogens (tertiary/aromatic N) is 1. The molecule has 0 aromatic carbocycles. The van der Waals surface area contributed by atoms with Gasteiger partial charge in [-0.15, -0.1) is 0 Å². The Morgan fingerprint density at radius 3 is 2.74 bits per heavy atom. The molecule has 104 valence electrons. The van der Waals surface area contributed by atoms with E-state index >= 15 is 0 Å². The maximum atomic E-state index is 12.3. The van der Waals surface area contributed by atoms with Crippen molar-refractivity contribution < 1.29 is 4.79 Å². The molecule has 0 saturated heterocycles. The van der Waals surface area contributed by atoms with Crippen molar-refractivity contribution >= 4 is 21.8 Å². The maximum absolute atomic E-state index is 12.3. The van der Waals surface area contributed by atoms with Crippen LogP contribution in [0.5, 0.6) is 0 Å². The lowest BCUT2D eigenvalue weighted by Gasteiger charge is -2.29.